The van der Waals surface area contributed by atoms with Crippen molar-refractivity contribution in [3.8, 4) is 0 Å². The molecule has 0 saturated heterocycles. The van der Waals surface area contributed by atoms with Crippen LogP contribution in [0.3, 0.4) is 0 Å². The molecule has 5 nitrogen and oxygen atoms in total. The maximum Gasteiger partial charge on any atom is 0.356 e. The second kappa shape index (κ2) is 8.58. The summed E-state index contributed by atoms with van der Waals surface area (Å²) in [6.45, 7) is 4.20. The van der Waals surface area contributed by atoms with Crippen molar-refractivity contribution in [1.82, 2.24) is 4.68 Å². The first-order valence-electron chi connectivity index (χ1n) is 5.86. The maximum absolute atomic E-state index is 11.6. The molecule has 1 aromatic heterocycles. The zero-order valence-corrected chi connectivity index (χ0v) is 11.6. The number of carbonyl (C=O) groups excluding carboxylic acids is 1. The Balaban J connectivity index is 0.00000289. The molecule has 0 aliphatic carbocycles. The lowest BCUT2D eigenvalue weighted by Gasteiger charge is -2.04. The van der Waals surface area contributed by atoms with E-state index in [0.717, 1.165) is 19.3 Å². The van der Waals surface area contributed by atoms with Crippen molar-refractivity contribution >= 4 is 24.2 Å². The fourth-order valence-corrected chi connectivity index (χ4v) is 1.37. The van der Waals surface area contributed by atoms with Crippen LogP contribution in [0.1, 0.15) is 43.6 Å². The normalized spacial score (nSPS) is 10.9. The van der Waals surface area contributed by atoms with E-state index in [1.807, 2.05) is 0 Å². The largest absolute Gasteiger partial charge is 0.461 e. The van der Waals surface area contributed by atoms with Crippen molar-refractivity contribution in [3.05, 3.63) is 24.0 Å². The van der Waals surface area contributed by atoms with Gasteiger partial charge in [0.2, 0.25) is 0 Å². The lowest BCUT2D eigenvalue weighted by Crippen LogP contribution is -2.16. The summed E-state index contributed by atoms with van der Waals surface area (Å²) in [5.74, 6) is 0.137. The number of amidine groups is 1. The van der Waals surface area contributed by atoms with Crippen LogP contribution in [0.5, 0.6) is 0 Å². The summed E-state index contributed by atoms with van der Waals surface area (Å²) in [6.07, 6.45) is 4.47. The van der Waals surface area contributed by atoms with Crippen molar-refractivity contribution in [1.29, 1.82) is 0 Å². The highest BCUT2D eigenvalue weighted by Gasteiger charge is 2.11. The average Bonchev–Trinajstić information content (AvgIpc) is 2.75. The van der Waals surface area contributed by atoms with Crippen molar-refractivity contribution in [3.63, 3.8) is 0 Å². The Morgan fingerprint density at radius 1 is 1.50 bits per heavy atom. The van der Waals surface area contributed by atoms with E-state index in [1.165, 1.54) is 4.68 Å². The van der Waals surface area contributed by atoms with Gasteiger partial charge in [0.1, 0.15) is 11.5 Å². The number of unbranched alkanes of at least 4 members (excludes halogenated alkanes) is 1. The van der Waals surface area contributed by atoms with Crippen LogP contribution in [-0.2, 0) is 4.74 Å². The molecule has 1 heterocycles. The number of hydrogen-bond acceptors (Lipinski definition) is 3. The van der Waals surface area contributed by atoms with Crippen LogP contribution in [-0.4, -0.2) is 23.1 Å². The van der Waals surface area contributed by atoms with Gasteiger partial charge in [-0.15, -0.1) is 12.4 Å². The molecular weight excluding hydrogens is 254 g/mol. The highest BCUT2D eigenvalue weighted by atomic mass is 35.5. The van der Waals surface area contributed by atoms with Crippen LogP contribution in [0.25, 0.3) is 0 Å². The molecule has 1 rings (SSSR count). The lowest BCUT2D eigenvalue weighted by molar-refractivity contribution is 0.0515. The zero-order valence-electron chi connectivity index (χ0n) is 10.8. The quantitative estimate of drug-likeness (QED) is 0.491. The van der Waals surface area contributed by atoms with Gasteiger partial charge in [-0.25, -0.2) is 9.47 Å². The van der Waals surface area contributed by atoms with E-state index in [2.05, 4.69) is 12.0 Å². The Bertz CT molecular complexity index is 402. The Kier molecular flexibility index (Phi) is 7.87. The minimum atomic E-state index is -0.385. The number of ether oxygens (including phenoxy) is 1. The van der Waals surface area contributed by atoms with Crippen LogP contribution in [0.4, 0.5) is 0 Å². The molecule has 6 heteroatoms. The fraction of sp³-hybridized carbons (Fsp3) is 0.500. The second-order valence-electron chi connectivity index (χ2n) is 3.65. The van der Waals surface area contributed by atoms with Crippen molar-refractivity contribution in [2.45, 2.75) is 33.1 Å². The van der Waals surface area contributed by atoms with E-state index >= 15 is 0 Å². The number of nitrogens with two attached hydrogens (primary N) is 1. The van der Waals surface area contributed by atoms with Crippen molar-refractivity contribution in [2.75, 3.05) is 6.61 Å². The summed E-state index contributed by atoms with van der Waals surface area (Å²) in [6, 6.07) is 3.40. The van der Waals surface area contributed by atoms with Crippen LogP contribution in [0.15, 0.2) is 23.4 Å². The number of halogens is 1. The standard InChI is InChI=1S/C12H19N3O2.ClH/c1-3-5-8-11(13)14-15-9-6-7-10(15)12(16)17-4-2;/h6-7,9H,3-5,8H2,1-2H3,(H2,13,14);1H. The Morgan fingerprint density at radius 3 is 2.83 bits per heavy atom. The molecule has 1 aromatic rings. The van der Waals surface area contributed by atoms with Crippen LogP contribution < -0.4 is 5.73 Å². The van der Waals surface area contributed by atoms with E-state index in [0.29, 0.717) is 18.1 Å². The summed E-state index contributed by atoms with van der Waals surface area (Å²) in [7, 11) is 0. The number of hydrogen-bond donors (Lipinski definition) is 1. The van der Waals surface area contributed by atoms with Gasteiger partial charge in [-0.05, 0) is 25.5 Å². The van der Waals surface area contributed by atoms with Gasteiger partial charge in [-0.3, -0.25) is 0 Å². The summed E-state index contributed by atoms with van der Waals surface area (Å²) in [5, 5.41) is 4.17. The molecule has 0 unspecified atom stereocenters. The number of carbonyl (C=O) groups is 1. The predicted octanol–water partition coefficient (Wildman–Crippen LogP) is 2.40. The number of nitrogens with zero attached hydrogens (tertiary/aromatic N) is 2. The van der Waals surface area contributed by atoms with Gasteiger partial charge in [-0.2, -0.15) is 5.10 Å². The third-order valence-corrected chi connectivity index (χ3v) is 2.24. The minimum absolute atomic E-state index is 0. The third-order valence-electron chi connectivity index (χ3n) is 2.24. The van der Waals surface area contributed by atoms with E-state index in [1.54, 1.807) is 25.3 Å². The lowest BCUT2D eigenvalue weighted by atomic mass is 10.2. The fourth-order valence-electron chi connectivity index (χ4n) is 1.37. The van der Waals surface area contributed by atoms with E-state index in [9.17, 15) is 4.79 Å². The van der Waals surface area contributed by atoms with Gasteiger partial charge in [0, 0.05) is 12.6 Å². The maximum atomic E-state index is 11.6. The molecular formula is C12H20ClN3O2. The first kappa shape index (κ1) is 16.5. The summed E-state index contributed by atoms with van der Waals surface area (Å²) >= 11 is 0. The molecule has 0 amide bonds. The Morgan fingerprint density at radius 2 is 2.22 bits per heavy atom. The summed E-state index contributed by atoms with van der Waals surface area (Å²) in [5.41, 5.74) is 6.17. The van der Waals surface area contributed by atoms with Crippen LogP contribution in [0.2, 0.25) is 0 Å². The van der Waals surface area contributed by atoms with E-state index in [-0.39, 0.29) is 18.4 Å². The molecule has 0 aromatic carbocycles. The topological polar surface area (TPSA) is 69.6 Å². The van der Waals surface area contributed by atoms with Gasteiger partial charge in [0.25, 0.3) is 0 Å². The highest BCUT2D eigenvalue weighted by molar-refractivity contribution is 5.88. The van der Waals surface area contributed by atoms with Crippen LogP contribution in [0, 0.1) is 0 Å². The summed E-state index contributed by atoms with van der Waals surface area (Å²) in [4.78, 5) is 11.6. The molecule has 2 N–H and O–H groups in total. The van der Waals surface area contributed by atoms with Gasteiger partial charge in [-0.1, -0.05) is 13.3 Å². The second-order valence-corrected chi connectivity index (χ2v) is 3.65. The third kappa shape index (κ3) is 4.79. The molecule has 0 fully saturated rings. The monoisotopic (exact) mass is 273 g/mol. The number of aromatic nitrogens is 1. The first-order valence-corrected chi connectivity index (χ1v) is 5.86. The average molecular weight is 274 g/mol. The molecule has 0 aliphatic rings. The van der Waals surface area contributed by atoms with Gasteiger partial charge in [0.15, 0.2) is 0 Å². The van der Waals surface area contributed by atoms with Gasteiger partial charge in [0.05, 0.1) is 6.61 Å². The molecule has 0 saturated carbocycles. The molecule has 0 atom stereocenters. The predicted molar refractivity (Wildman–Crippen MR) is 74.2 cm³/mol. The SMILES string of the molecule is CCCC/C(N)=N/n1cccc1C(=O)OCC.Cl. The Labute approximate surface area is 113 Å². The first-order chi connectivity index (χ1) is 8.19. The molecule has 0 aliphatic heterocycles. The summed E-state index contributed by atoms with van der Waals surface area (Å²) < 4.78 is 6.38. The van der Waals surface area contributed by atoms with E-state index < -0.39 is 0 Å². The number of esters is 1. The minimum Gasteiger partial charge on any atom is -0.461 e. The molecule has 18 heavy (non-hydrogen) atoms. The van der Waals surface area contributed by atoms with Gasteiger partial charge >= 0.3 is 5.97 Å². The molecule has 0 spiro atoms. The smallest absolute Gasteiger partial charge is 0.356 e. The van der Waals surface area contributed by atoms with E-state index in [4.69, 9.17) is 10.5 Å². The molecule has 0 radical (unpaired) electrons. The van der Waals surface area contributed by atoms with Gasteiger partial charge < -0.3 is 10.5 Å². The molecule has 102 valence electrons. The molecule has 0 bridgehead atoms. The Hall–Kier alpha value is -1.49. The zero-order chi connectivity index (χ0) is 12.7. The van der Waals surface area contributed by atoms with Crippen LogP contribution >= 0.6 is 12.4 Å². The van der Waals surface area contributed by atoms with Crippen molar-refractivity contribution < 1.29 is 9.53 Å². The van der Waals surface area contributed by atoms with Crippen molar-refractivity contribution in [2.24, 2.45) is 10.8 Å². The highest BCUT2D eigenvalue weighted by Crippen LogP contribution is 2.05. The number of rotatable bonds is 6.